The Morgan fingerprint density at radius 1 is 1.29 bits per heavy atom. The fourth-order valence-electron chi connectivity index (χ4n) is 1.73. The van der Waals surface area contributed by atoms with Crippen molar-refractivity contribution in [3.63, 3.8) is 0 Å². The van der Waals surface area contributed by atoms with Crippen LogP contribution in [0.1, 0.15) is 26.7 Å². The molecule has 0 spiro atoms. The number of likely N-dealkylation sites (N-methyl/N-ethyl adjacent to an activating group) is 1. The second-order valence-corrected chi connectivity index (χ2v) is 5.16. The Kier molecular flexibility index (Phi) is 4.11. The van der Waals surface area contributed by atoms with Gasteiger partial charge in [-0.15, -0.1) is 0 Å². The summed E-state index contributed by atoms with van der Waals surface area (Å²) in [5.74, 6) is -0.0361. The van der Waals surface area contributed by atoms with Gasteiger partial charge in [0.15, 0.2) is 0 Å². The van der Waals surface area contributed by atoms with Crippen LogP contribution < -0.4 is 0 Å². The highest BCUT2D eigenvalue weighted by Crippen LogP contribution is 2.21. The van der Waals surface area contributed by atoms with Gasteiger partial charge < -0.3 is 9.80 Å². The van der Waals surface area contributed by atoms with Crippen LogP contribution >= 0.6 is 0 Å². The molecule has 0 unspecified atom stereocenters. The maximum Gasteiger partial charge on any atom is 0.242 e. The molecule has 0 bridgehead atoms. The Labute approximate surface area is 102 Å². The Morgan fingerprint density at radius 2 is 1.94 bits per heavy atom. The van der Waals surface area contributed by atoms with E-state index in [9.17, 15) is 9.59 Å². The predicted molar refractivity (Wildman–Crippen MR) is 62.8 cm³/mol. The molecule has 1 aliphatic rings. The number of hydrogen-bond acceptors (Lipinski definition) is 3. The van der Waals surface area contributed by atoms with Crippen LogP contribution in [0.2, 0.25) is 0 Å². The number of carbonyl (C=O) groups is 2. The number of nitriles is 1. The molecule has 1 saturated heterocycles. The van der Waals surface area contributed by atoms with Gasteiger partial charge in [-0.3, -0.25) is 9.59 Å². The van der Waals surface area contributed by atoms with Crippen molar-refractivity contribution in [2.75, 3.05) is 26.7 Å². The maximum atomic E-state index is 11.6. The third-order valence-corrected chi connectivity index (χ3v) is 3.01. The lowest BCUT2D eigenvalue weighted by molar-refractivity contribution is -0.148. The molecule has 17 heavy (non-hydrogen) atoms. The predicted octanol–water partition coefficient (Wildman–Crippen LogP) is 0.617. The van der Waals surface area contributed by atoms with Crippen molar-refractivity contribution in [2.45, 2.75) is 26.7 Å². The average molecular weight is 237 g/mol. The minimum atomic E-state index is -0.361. The Morgan fingerprint density at radius 3 is 2.53 bits per heavy atom. The number of amides is 2. The van der Waals surface area contributed by atoms with E-state index in [2.05, 4.69) is 6.07 Å². The van der Waals surface area contributed by atoms with E-state index in [0.717, 1.165) is 12.8 Å². The molecule has 5 nitrogen and oxygen atoms in total. The first kappa shape index (κ1) is 13.5. The first-order valence-electron chi connectivity index (χ1n) is 5.79. The first-order valence-corrected chi connectivity index (χ1v) is 5.79. The van der Waals surface area contributed by atoms with Gasteiger partial charge in [0.25, 0.3) is 0 Å². The standard InChI is InChI=1S/C12H19N3O2/c1-12(2,9-13)5-4-6-15-8-10(16)14(3)7-11(15)17/h4-8H2,1-3H3. The molecule has 5 heteroatoms. The van der Waals surface area contributed by atoms with Crippen LogP contribution in [0.5, 0.6) is 0 Å². The second kappa shape index (κ2) is 5.17. The minimum absolute atomic E-state index is 0.0122. The average Bonchev–Trinajstić information content (AvgIpc) is 2.25. The van der Waals surface area contributed by atoms with Gasteiger partial charge in [-0.05, 0) is 26.7 Å². The lowest BCUT2D eigenvalue weighted by Gasteiger charge is -2.32. The van der Waals surface area contributed by atoms with Crippen molar-refractivity contribution in [3.8, 4) is 6.07 Å². The lowest BCUT2D eigenvalue weighted by atomic mass is 9.90. The van der Waals surface area contributed by atoms with Crippen LogP contribution in [0.4, 0.5) is 0 Å². The van der Waals surface area contributed by atoms with Crippen molar-refractivity contribution in [1.29, 1.82) is 5.26 Å². The van der Waals surface area contributed by atoms with Crippen molar-refractivity contribution in [1.82, 2.24) is 9.80 Å². The SMILES string of the molecule is CN1CC(=O)N(CCCC(C)(C)C#N)CC1=O. The van der Waals surface area contributed by atoms with Crippen LogP contribution in [0.15, 0.2) is 0 Å². The van der Waals surface area contributed by atoms with E-state index in [-0.39, 0.29) is 30.3 Å². The van der Waals surface area contributed by atoms with Crippen LogP contribution in [-0.4, -0.2) is 48.3 Å². The molecular formula is C12H19N3O2. The summed E-state index contributed by atoms with van der Waals surface area (Å²) in [6.07, 6.45) is 1.49. The summed E-state index contributed by atoms with van der Waals surface area (Å²) in [6.45, 7) is 4.65. The molecular weight excluding hydrogens is 218 g/mol. The van der Waals surface area contributed by atoms with E-state index in [0.29, 0.717) is 6.54 Å². The number of piperazine rings is 1. The number of nitrogens with zero attached hydrogens (tertiary/aromatic N) is 3. The monoisotopic (exact) mass is 237 g/mol. The first-order chi connectivity index (χ1) is 7.85. The van der Waals surface area contributed by atoms with Gasteiger partial charge in [-0.25, -0.2) is 0 Å². The van der Waals surface area contributed by atoms with Gasteiger partial charge in [0.05, 0.1) is 24.6 Å². The topological polar surface area (TPSA) is 64.4 Å². The summed E-state index contributed by atoms with van der Waals surface area (Å²) in [7, 11) is 1.64. The smallest absolute Gasteiger partial charge is 0.242 e. The van der Waals surface area contributed by atoms with Gasteiger partial charge in [0.2, 0.25) is 11.8 Å². The molecule has 0 aromatic rings. The zero-order chi connectivity index (χ0) is 13.1. The molecule has 1 heterocycles. The van der Waals surface area contributed by atoms with Crippen LogP contribution in [0.25, 0.3) is 0 Å². The normalized spacial score (nSPS) is 17.3. The molecule has 1 aliphatic heterocycles. The van der Waals surface area contributed by atoms with E-state index >= 15 is 0 Å². The summed E-state index contributed by atoms with van der Waals surface area (Å²) in [5.41, 5.74) is -0.361. The lowest BCUT2D eigenvalue weighted by Crippen LogP contribution is -2.52. The van der Waals surface area contributed by atoms with E-state index in [1.807, 2.05) is 13.8 Å². The number of rotatable bonds is 4. The number of hydrogen-bond donors (Lipinski definition) is 0. The Hall–Kier alpha value is -1.57. The molecule has 0 aromatic heterocycles. The van der Waals surface area contributed by atoms with Crippen LogP contribution in [0, 0.1) is 16.7 Å². The zero-order valence-corrected chi connectivity index (χ0v) is 10.7. The van der Waals surface area contributed by atoms with Gasteiger partial charge in [0, 0.05) is 13.6 Å². The highest BCUT2D eigenvalue weighted by Gasteiger charge is 2.27. The molecule has 0 N–H and O–H groups in total. The van der Waals surface area contributed by atoms with Gasteiger partial charge in [-0.1, -0.05) is 0 Å². The molecule has 0 aromatic carbocycles. The molecule has 0 atom stereocenters. The van der Waals surface area contributed by atoms with Crippen molar-refractivity contribution >= 4 is 11.8 Å². The second-order valence-electron chi connectivity index (χ2n) is 5.16. The number of carbonyl (C=O) groups excluding carboxylic acids is 2. The third kappa shape index (κ3) is 3.74. The quantitative estimate of drug-likeness (QED) is 0.720. The molecule has 2 amide bonds. The fourth-order valence-corrected chi connectivity index (χ4v) is 1.73. The molecule has 1 fully saturated rings. The van der Waals surface area contributed by atoms with E-state index in [1.165, 1.54) is 4.90 Å². The van der Waals surface area contributed by atoms with E-state index < -0.39 is 0 Å². The summed E-state index contributed by atoms with van der Waals surface area (Å²) in [6, 6.07) is 2.23. The summed E-state index contributed by atoms with van der Waals surface area (Å²) in [4.78, 5) is 26.1. The molecule has 1 rings (SSSR count). The van der Waals surface area contributed by atoms with Gasteiger partial charge in [-0.2, -0.15) is 5.26 Å². The van der Waals surface area contributed by atoms with Gasteiger partial charge >= 0.3 is 0 Å². The molecule has 0 radical (unpaired) electrons. The molecule has 94 valence electrons. The largest absolute Gasteiger partial charge is 0.335 e. The van der Waals surface area contributed by atoms with Crippen LogP contribution in [0.3, 0.4) is 0 Å². The Bertz CT molecular complexity index is 357. The summed E-state index contributed by atoms with van der Waals surface area (Å²) in [5, 5.41) is 8.87. The van der Waals surface area contributed by atoms with Crippen molar-refractivity contribution in [3.05, 3.63) is 0 Å². The van der Waals surface area contributed by atoms with Crippen molar-refractivity contribution in [2.24, 2.45) is 5.41 Å². The fraction of sp³-hybridized carbons (Fsp3) is 0.750. The summed E-state index contributed by atoms with van der Waals surface area (Å²) < 4.78 is 0. The maximum absolute atomic E-state index is 11.6. The van der Waals surface area contributed by atoms with E-state index in [1.54, 1.807) is 11.9 Å². The zero-order valence-electron chi connectivity index (χ0n) is 10.7. The summed E-state index contributed by atoms with van der Waals surface area (Å²) >= 11 is 0. The van der Waals surface area contributed by atoms with Gasteiger partial charge in [0.1, 0.15) is 0 Å². The Balaban J connectivity index is 2.40. The van der Waals surface area contributed by atoms with Crippen LogP contribution in [-0.2, 0) is 9.59 Å². The third-order valence-electron chi connectivity index (χ3n) is 3.01. The van der Waals surface area contributed by atoms with E-state index in [4.69, 9.17) is 5.26 Å². The minimum Gasteiger partial charge on any atom is -0.335 e. The van der Waals surface area contributed by atoms with Crippen molar-refractivity contribution < 1.29 is 9.59 Å². The highest BCUT2D eigenvalue weighted by atomic mass is 16.2. The molecule has 0 aliphatic carbocycles. The highest BCUT2D eigenvalue weighted by molar-refractivity contribution is 5.92. The molecule has 0 saturated carbocycles.